The van der Waals surface area contributed by atoms with Gasteiger partial charge in [0.2, 0.25) is 0 Å². The number of hydrogen-bond acceptors (Lipinski definition) is 3. The first-order chi connectivity index (χ1) is 4.16. The van der Waals surface area contributed by atoms with E-state index in [-0.39, 0.29) is 12.4 Å². The Morgan fingerprint density at radius 2 is 2.33 bits per heavy atom. The summed E-state index contributed by atoms with van der Waals surface area (Å²) in [6.07, 6.45) is -0.106. The van der Waals surface area contributed by atoms with Gasteiger partial charge < -0.3 is 14.9 Å². The summed E-state index contributed by atoms with van der Waals surface area (Å²) in [7, 11) is 0. The molecule has 0 aliphatic heterocycles. The standard InChI is InChI=1S/C5H8O4/c1-4(2-3-6)9-5(7)8/h2,6H,3H2,1H3,(H,7,8)/b4-2+. The maximum Gasteiger partial charge on any atom is 0.510 e. The fourth-order valence-electron chi connectivity index (χ4n) is 0.308. The summed E-state index contributed by atoms with van der Waals surface area (Å²) in [5.74, 6) is 0.185. The SMILES string of the molecule is C/C(=C\CO)OC(=O)O. The van der Waals surface area contributed by atoms with E-state index >= 15 is 0 Å². The zero-order chi connectivity index (χ0) is 7.28. The molecular weight excluding hydrogens is 124 g/mol. The smallest absolute Gasteiger partial charge is 0.449 e. The van der Waals surface area contributed by atoms with Crippen LogP contribution in [0, 0.1) is 0 Å². The lowest BCUT2D eigenvalue weighted by atomic mass is 10.5. The Kier molecular flexibility index (Phi) is 3.46. The molecule has 0 aliphatic rings. The van der Waals surface area contributed by atoms with Gasteiger partial charge in [0.05, 0.1) is 6.61 Å². The van der Waals surface area contributed by atoms with Crippen LogP contribution >= 0.6 is 0 Å². The van der Waals surface area contributed by atoms with Gasteiger partial charge in [-0.15, -0.1) is 0 Å². The van der Waals surface area contributed by atoms with Crippen LogP contribution in [0.3, 0.4) is 0 Å². The minimum atomic E-state index is -1.36. The van der Waals surface area contributed by atoms with Crippen LogP contribution in [0.4, 0.5) is 4.79 Å². The van der Waals surface area contributed by atoms with Gasteiger partial charge in [-0.2, -0.15) is 0 Å². The van der Waals surface area contributed by atoms with E-state index in [2.05, 4.69) is 4.74 Å². The minimum Gasteiger partial charge on any atom is -0.449 e. The summed E-state index contributed by atoms with van der Waals surface area (Å²) in [6, 6.07) is 0. The van der Waals surface area contributed by atoms with Crippen molar-refractivity contribution in [1.29, 1.82) is 0 Å². The average Bonchev–Trinajstić information content (AvgIpc) is 1.63. The molecule has 0 atom stereocenters. The Morgan fingerprint density at radius 1 is 1.78 bits per heavy atom. The van der Waals surface area contributed by atoms with Gasteiger partial charge in [-0.3, -0.25) is 0 Å². The number of aliphatic hydroxyl groups excluding tert-OH is 1. The van der Waals surface area contributed by atoms with E-state index in [0.717, 1.165) is 0 Å². The van der Waals surface area contributed by atoms with Crippen molar-refractivity contribution in [1.82, 2.24) is 0 Å². The van der Waals surface area contributed by atoms with Crippen molar-refractivity contribution in [3.8, 4) is 0 Å². The highest BCUT2D eigenvalue weighted by Crippen LogP contribution is 1.93. The number of carboxylic acid groups (broad SMARTS) is 1. The van der Waals surface area contributed by atoms with Crippen molar-refractivity contribution in [2.45, 2.75) is 6.92 Å². The Labute approximate surface area is 52.4 Å². The van der Waals surface area contributed by atoms with E-state index in [1.54, 1.807) is 0 Å². The fraction of sp³-hybridized carbons (Fsp3) is 0.400. The Bertz CT molecular complexity index is 127. The molecule has 9 heavy (non-hydrogen) atoms. The monoisotopic (exact) mass is 132 g/mol. The summed E-state index contributed by atoms with van der Waals surface area (Å²) in [4.78, 5) is 9.74. The zero-order valence-corrected chi connectivity index (χ0v) is 5.00. The van der Waals surface area contributed by atoms with Crippen LogP contribution in [0.15, 0.2) is 11.8 Å². The second-order valence-corrected chi connectivity index (χ2v) is 1.37. The quantitative estimate of drug-likeness (QED) is 0.426. The first kappa shape index (κ1) is 7.97. The first-order valence-corrected chi connectivity index (χ1v) is 2.35. The topological polar surface area (TPSA) is 66.8 Å². The van der Waals surface area contributed by atoms with Crippen molar-refractivity contribution in [3.63, 3.8) is 0 Å². The van der Waals surface area contributed by atoms with Gasteiger partial charge in [0, 0.05) is 0 Å². The fourth-order valence-corrected chi connectivity index (χ4v) is 0.308. The number of aliphatic hydroxyl groups is 1. The summed E-state index contributed by atoms with van der Waals surface area (Å²) in [5.41, 5.74) is 0. The molecule has 0 heterocycles. The molecule has 0 rings (SSSR count). The molecule has 0 aromatic heterocycles. The molecule has 2 N–H and O–H groups in total. The van der Waals surface area contributed by atoms with E-state index in [4.69, 9.17) is 10.2 Å². The van der Waals surface area contributed by atoms with Gasteiger partial charge in [-0.1, -0.05) is 0 Å². The van der Waals surface area contributed by atoms with Crippen molar-refractivity contribution >= 4 is 6.16 Å². The summed E-state index contributed by atoms with van der Waals surface area (Å²) in [6.45, 7) is 1.24. The third kappa shape index (κ3) is 4.83. The molecule has 0 bridgehead atoms. The lowest BCUT2D eigenvalue weighted by Crippen LogP contribution is -1.97. The van der Waals surface area contributed by atoms with Crippen LogP contribution in [-0.4, -0.2) is 23.0 Å². The largest absolute Gasteiger partial charge is 0.510 e. The number of carbonyl (C=O) groups is 1. The maximum absolute atomic E-state index is 9.74. The van der Waals surface area contributed by atoms with E-state index < -0.39 is 6.16 Å². The molecule has 0 fully saturated rings. The summed E-state index contributed by atoms with van der Waals surface area (Å²) < 4.78 is 4.11. The highest BCUT2D eigenvalue weighted by Gasteiger charge is 1.95. The van der Waals surface area contributed by atoms with Crippen molar-refractivity contribution < 1.29 is 19.7 Å². The van der Waals surface area contributed by atoms with Gasteiger partial charge in [0.15, 0.2) is 0 Å². The maximum atomic E-state index is 9.74. The number of hydrogen-bond donors (Lipinski definition) is 2. The van der Waals surface area contributed by atoms with E-state index in [0.29, 0.717) is 0 Å². The number of ether oxygens (including phenoxy) is 1. The van der Waals surface area contributed by atoms with Crippen molar-refractivity contribution in [2.24, 2.45) is 0 Å². The van der Waals surface area contributed by atoms with Crippen LogP contribution in [0.2, 0.25) is 0 Å². The Hall–Kier alpha value is -1.03. The molecule has 0 aliphatic carbocycles. The molecular formula is C5H8O4. The first-order valence-electron chi connectivity index (χ1n) is 2.35. The second kappa shape index (κ2) is 3.91. The highest BCUT2D eigenvalue weighted by atomic mass is 16.7. The Morgan fingerprint density at radius 3 is 2.67 bits per heavy atom. The highest BCUT2D eigenvalue weighted by molar-refractivity contribution is 5.58. The average molecular weight is 132 g/mol. The van der Waals surface area contributed by atoms with Crippen LogP contribution in [0.25, 0.3) is 0 Å². The molecule has 52 valence electrons. The molecule has 0 unspecified atom stereocenters. The normalized spacial score (nSPS) is 11.1. The minimum absolute atomic E-state index is 0.185. The van der Waals surface area contributed by atoms with Crippen molar-refractivity contribution in [3.05, 3.63) is 11.8 Å². The van der Waals surface area contributed by atoms with Crippen LogP contribution in [-0.2, 0) is 4.74 Å². The van der Waals surface area contributed by atoms with Gasteiger partial charge >= 0.3 is 6.16 Å². The van der Waals surface area contributed by atoms with Crippen LogP contribution in [0.5, 0.6) is 0 Å². The molecule has 0 saturated carbocycles. The predicted molar refractivity (Wildman–Crippen MR) is 30.0 cm³/mol. The molecule has 4 nitrogen and oxygen atoms in total. The molecule has 0 aromatic carbocycles. The molecule has 0 aromatic rings. The summed E-state index contributed by atoms with van der Waals surface area (Å²) >= 11 is 0. The molecule has 0 amide bonds. The summed E-state index contributed by atoms with van der Waals surface area (Å²) in [5, 5.41) is 16.2. The Balaban J connectivity index is 3.62. The van der Waals surface area contributed by atoms with Gasteiger partial charge in [-0.25, -0.2) is 4.79 Å². The molecule has 0 radical (unpaired) electrons. The number of allylic oxidation sites excluding steroid dienone is 1. The van der Waals surface area contributed by atoms with Gasteiger partial charge in [0.25, 0.3) is 0 Å². The third-order valence-corrected chi connectivity index (χ3v) is 0.627. The van der Waals surface area contributed by atoms with Gasteiger partial charge in [0.1, 0.15) is 5.76 Å². The van der Waals surface area contributed by atoms with Gasteiger partial charge in [-0.05, 0) is 13.0 Å². The van der Waals surface area contributed by atoms with E-state index in [1.807, 2.05) is 0 Å². The van der Waals surface area contributed by atoms with E-state index in [1.165, 1.54) is 13.0 Å². The third-order valence-electron chi connectivity index (χ3n) is 0.627. The molecule has 0 saturated heterocycles. The van der Waals surface area contributed by atoms with Crippen molar-refractivity contribution in [2.75, 3.05) is 6.61 Å². The molecule has 0 spiro atoms. The lowest BCUT2D eigenvalue weighted by molar-refractivity contribution is 0.118. The van der Waals surface area contributed by atoms with E-state index in [9.17, 15) is 4.79 Å². The van der Waals surface area contributed by atoms with Crippen LogP contribution in [0.1, 0.15) is 6.92 Å². The lowest BCUT2D eigenvalue weighted by Gasteiger charge is -1.95. The predicted octanol–water partition coefficient (Wildman–Crippen LogP) is 0.577. The zero-order valence-electron chi connectivity index (χ0n) is 5.00. The molecule has 4 heteroatoms. The number of rotatable bonds is 2. The van der Waals surface area contributed by atoms with Crippen LogP contribution < -0.4 is 0 Å². The second-order valence-electron chi connectivity index (χ2n) is 1.37.